The number of rotatable bonds is 5. The largest absolute Gasteiger partial charge is 0.493 e. The molecule has 19 heavy (non-hydrogen) atoms. The molecule has 0 aliphatic rings. The van der Waals surface area contributed by atoms with Crippen molar-refractivity contribution in [1.82, 2.24) is 4.98 Å². The van der Waals surface area contributed by atoms with Crippen LogP contribution >= 0.6 is 0 Å². The Hall–Kier alpha value is -2.43. The number of benzene rings is 1. The maximum atomic E-state index is 12.6. The SMILES string of the molecule is O=C(CCOc1ccccc1)Nc1ccc(F)nc1. The molecule has 0 atom stereocenters. The molecule has 2 rings (SSSR count). The second kappa shape index (κ2) is 6.49. The van der Waals surface area contributed by atoms with Crippen molar-refractivity contribution in [1.29, 1.82) is 0 Å². The van der Waals surface area contributed by atoms with Crippen molar-refractivity contribution in [2.75, 3.05) is 11.9 Å². The van der Waals surface area contributed by atoms with Crippen LogP contribution in [0.4, 0.5) is 10.1 Å². The lowest BCUT2D eigenvalue weighted by Crippen LogP contribution is -2.15. The Labute approximate surface area is 110 Å². The fourth-order valence-corrected chi connectivity index (χ4v) is 1.45. The Morgan fingerprint density at radius 1 is 1.21 bits per heavy atom. The Morgan fingerprint density at radius 2 is 2.00 bits per heavy atom. The van der Waals surface area contributed by atoms with Gasteiger partial charge < -0.3 is 10.1 Å². The summed E-state index contributed by atoms with van der Waals surface area (Å²) < 4.78 is 18.0. The second-order valence-electron chi connectivity index (χ2n) is 3.83. The van der Waals surface area contributed by atoms with E-state index in [2.05, 4.69) is 10.3 Å². The summed E-state index contributed by atoms with van der Waals surface area (Å²) >= 11 is 0. The van der Waals surface area contributed by atoms with Crippen molar-refractivity contribution in [3.05, 3.63) is 54.6 Å². The number of ether oxygens (including phenoxy) is 1. The average Bonchev–Trinajstić information content (AvgIpc) is 2.43. The molecule has 1 heterocycles. The van der Waals surface area contributed by atoms with Gasteiger partial charge in [0.15, 0.2) is 0 Å². The zero-order valence-corrected chi connectivity index (χ0v) is 10.2. The van der Waals surface area contributed by atoms with Crippen LogP contribution in [0.1, 0.15) is 6.42 Å². The van der Waals surface area contributed by atoms with Gasteiger partial charge in [0, 0.05) is 0 Å². The molecule has 5 heteroatoms. The Bertz CT molecular complexity index is 529. The van der Waals surface area contributed by atoms with E-state index in [-0.39, 0.29) is 18.9 Å². The molecule has 0 aliphatic heterocycles. The van der Waals surface area contributed by atoms with E-state index >= 15 is 0 Å². The van der Waals surface area contributed by atoms with Crippen LogP contribution in [0.25, 0.3) is 0 Å². The number of amides is 1. The monoisotopic (exact) mass is 260 g/mol. The first-order valence-electron chi connectivity index (χ1n) is 5.83. The Balaban J connectivity index is 1.74. The van der Waals surface area contributed by atoms with Gasteiger partial charge in [-0.2, -0.15) is 4.39 Å². The predicted molar refractivity (Wildman–Crippen MR) is 69.4 cm³/mol. The molecule has 0 aliphatic carbocycles. The Morgan fingerprint density at radius 3 is 2.68 bits per heavy atom. The summed E-state index contributed by atoms with van der Waals surface area (Å²) in [7, 11) is 0. The van der Waals surface area contributed by atoms with E-state index in [9.17, 15) is 9.18 Å². The van der Waals surface area contributed by atoms with Crippen LogP contribution in [0.15, 0.2) is 48.7 Å². The van der Waals surface area contributed by atoms with Crippen molar-refractivity contribution < 1.29 is 13.9 Å². The van der Waals surface area contributed by atoms with Gasteiger partial charge in [0.2, 0.25) is 11.9 Å². The number of aromatic nitrogens is 1. The first-order valence-corrected chi connectivity index (χ1v) is 5.83. The van der Waals surface area contributed by atoms with Crippen LogP contribution in [0, 0.1) is 5.95 Å². The number of para-hydroxylation sites is 1. The molecule has 1 aromatic heterocycles. The molecule has 1 amide bonds. The van der Waals surface area contributed by atoms with Crippen LogP contribution in [0.5, 0.6) is 5.75 Å². The quantitative estimate of drug-likeness (QED) is 0.841. The lowest BCUT2D eigenvalue weighted by atomic mass is 10.3. The van der Waals surface area contributed by atoms with E-state index in [1.165, 1.54) is 18.3 Å². The molecule has 4 nitrogen and oxygen atoms in total. The standard InChI is InChI=1S/C14H13FN2O2/c15-13-7-6-11(10-16-13)17-14(18)8-9-19-12-4-2-1-3-5-12/h1-7,10H,8-9H2,(H,17,18). The van der Waals surface area contributed by atoms with Gasteiger partial charge in [-0.3, -0.25) is 4.79 Å². The number of halogens is 1. The van der Waals surface area contributed by atoms with Crippen LogP contribution in [0.3, 0.4) is 0 Å². The molecule has 0 spiro atoms. The molecule has 0 saturated heterocycles. The van der Waals surface area contributed by atoms with Gasteiger partial charge in [0.1, 0.15) is 5.75 Å². The van der Waals surface area contributed by atoms with Crippen LogP contribution in [0.2, 0.25) is 0 Å². The Kier molecular flexibility index (Phi) is 4.44. The average molecular weight is 260 g/mol. The topological polar surface area (TPSA) is 51.2 Å². The van der Waals surface area contributed by atoms with Gasteiger partial charge in [-0.1, -0.05) is 18.2 Å². The highest BCUT2D eigenvalue weighted by Crippen LogP contribution is 2.09. The van der Waals surface area contributed by atoms with Gasteiger partial charge in [-0.05, 0) is 24.3 Å². The zero-order valence-electron chi connectivity index (χ0n) is 10.2. The van der Waals surface area contributed by atoms with E-state index in [1.54, 1.807) is 0 Å². The second-order valence-corrected chi connectivity index (χ2v) is 3.83. The third-order valence-electron chi connectivity index (χ3n) is 2.35. The minimum Gasteiger partial charge on any atom is -0.493 e. The van der Waals surface area contributed by atoms with Crippen molar-refractivity contribution in [3.8, 4) is 5.75 Å². The summed E-state index contributed by atoms with van der Waals surface area (Å²) in [6, 6.07) is 11.9. The number of hydrogen-bond acceptors (Lipinski definition) is 3. The lowest BCUT2D eigenvalue weighted by molar-refractivity contribution is -0.116. The fourth-order valence-electron chi connectivity index (χ4n) is 1.45. The molecule has 2 aromatic rings. The van der Waals surface area contributed by atoms with Crippen LogP contribution in [-0.2, 0) is 4.79 Å². The molecular weight excluding hydrogens is 247 g/mol. The molecule has 0 unspecified atom stereocenters. The van der Waals surface area contributed by atoms with E-state index in [1.807, 2.05) is 30.3 Å². The summed E-state index contributed by atoms with van der Waals surface area (Å²) in [5.41, 5.74) is 0.464. The van der Waals surface area contributed by atoms with E-state index in [4.69, 9.17) is 4.74 Å². The van der Waals surface area contributed by atoms with Gasteiger partial charge in [-0.25, -0.2) is 4.98 Å². The third-order valence-corrected chi connectivity index (χ3v) is 2.35. The molecule has 0 saturated carbocycles. The summed E-state index contributed by atoms with van der Waals surface area (Å²) in [4.78, 5) is 15.0. The highest BCUT2D eigenvalue weighted by molar-refractivity contribution is 5.90. The van der Waals surface area contributed by atoms with Crippen molar-refractivity contribution in [3.63, 3.8) is 0 Å². The van der Waals surface area contributed by atoms with Gasteiger partial charge in [0.05, 0.1) is 24.9 Å². The highest BCUT2D eigenvalue weighted by atomic mass is 19.1. The van der Waals surface area contributed by atoms with Crippen molar-refractivity contribution in [2.24, 2.45) is 0 Å². The molecule has 0 bridgehead atoms. The van der Waals surface area contributed by atoms with Gasteiger partial charge in [-0.15, -0.1) is 0 Å². The first-order chi connectivity index (χ1) is 9.24. The van der Waals surface area contributed by atoms with Gasteiger partial charge in [0.25, 0.3) is 0 Å². The zero-order chi connectivity index (χ0) is 13.5. The summed E-state index contributed by atoms with van der Waals surface area (Å²) in [6.45, 7) is 0.282. The molecule has 0 radical (unpaired) electrons. The van der Waals surface area contributed by atoms with Gasteiger partial charge >= 0.3 is 0 Å². The minimum absolute atomic E-state index is 0.204. The van der Waals surface area contributed by atoms with Crippen LogP contribution in [-0.4, -0.2) is 17.5 Å². The molecule has 1 N–H and O–H groups in total. The first kappa shape index (κ1) is 13.0. The fraction of sp³-hybridized carbons (Fsp3) is 0.143. The summed E-state index contributed by atoms with van der Waals surface area (Å²) in [5, 5.41) is 2.61. The lowest BCUT2D eigenvalue weighted by Gasteiger charge is -2.06. The third kappa shape index (κ3) is 4.39. The van der Waals surface area contributed by atoms with Crippen molar-refractivity contribution >= 4 is 11.6 Å². The normalized spacial score (nSPS) is 9.95. The maximum absolute atomic E-state index is 12.6. The number of pyridine rings is 1. The van der Waals surface area contributed by atoms with E-state index in [0.29, 0.717) is 5.69 Å². The number of carbonyl (C=O) groups excluding carboxylic acids is 1. The number of carbonyl (C=O) groups is 1. The number of nitrogens with zero attached hydrogens (tertiary/aromatic N) is 1. The smallest absolute Gasteiger partial charge is 0.227 e. The number of nitrogens with one attached hydrogen (secondary N) is 1. The summed E-state index contributed by atoms with van der Waals surface area (Å²) in [6.07, 6.45) is 1.48. The van der Waals surface area contributed by atoms with Crippen LogP contribution < -0.4 is 10.1 Å². The number of anilines is 1. The maximum Gasteiger partial charge on any atom is 0.227 e. The minimum atomic E-state index is -0.578. The summed E-state index contributed by atoms with van der Waals surface area (Å²) in [5.74, 6) is -0.0616. The molecule has 1 aromatic carbocycles. The number of hydrogen-bond donors (Lipinski definition) is 1. The predicted octanol–water partition coefficient (Wildman–Crippen LogP) is 2.63. The van der Waals surface area contributed by atoms with E-state index in [0.717, 1.165) is 5.75 Å². The van der Waals surface area contributed by atoms with Crippen molar-refractivity contribution in [2.45, 2.75) is 6.42 Å². The van der Waals surface area contributed by atoms with E-state index < -0.39 is 5.95 Å². The highest BCUT2D eigenvalue weighted by Gasteiger charge is 2.03. The molecule has 98 valence electrons. The molecular formula is C14H13FN2O2. The molecule has 0 fully saturated rings.